The van der Waals surface area contributed by atoms with E-state index in [0.717, 1.165) is 18.7 Å². The molecule has 0 unspecified atom stereocenters. The van der Waals surface area contributed by atoms with Gasteiger partial charge in [0.2, 0.25) is 0 Å². The van der Waals surface area contributed by atoms with Crippen LogP contribution in [0.5, 0.6) is 0 Å². The van der Waals surface area contributed by atoms with E-state index in [1.54, 1.807) is 0 Å². The van der Waals surface area contributed by atoms with Gasteiger partial charge in [0.25, 0.3) is 0 Å². The molecule has 0 spiro atoms. The van der Waals surface area contributed by atoms with Gasteiger partial charge < -0.3 is 4.90 Å². The zero-order chi connectivity index (χ0) is 11.8. The third-order valence-corrected chi connectivity index (χ3v) is 3.39. The summed E-state index contributed by atoms with van der Waals surface area (Å²) in [5.41, 5.74) is 3.96. The van der Waals surface area contributed by atoms with Gasteiger partial charge in [0, 0.05) is 30.7 Å². The number of hydrogen-bond acceptors (Lipinski definition) is 2. The predicted octanol–water partition coefficient (Wildman–Crippen LogP) is 2.64. The number of aromatic nitrogens is 2. The molecule has 0 radical (unpaired) electrons. The molecule has 0 saturated heterocycles. The highest BCUT2D eigenvalue weighted by Gasteiger charge is 2.21. The van der Waals surface area contributed by atoms with Crippen molar-refractivity contribution < 1.29 is 0 Å². The maximum Gasteiger partial charge on any atom is 0.0666 e. The Bertz CT molecular complexity index is 514. The maximum atomic E-state index is 4.28. The van der Waals surface area contributed by atoms with Gasteiger partial charge >= 0.3 is 0 Å². The molecule has 1 aromatic carbocycles. The van der Waals surface area contributed by atoms with E-state index in [1.165, 1.54) is 11.3 Å². The molecule has 1 aliphatic rings. The number of anilines is 1. The van der Waals surface area contributed by atoms with Crippen molar-refractivity contribution >= 4 is 5.69 Å². The lowest BCUT2D eigenvalue weighted by Crippen LogP contribution is -2.28. The molecule has 3 nitrogen and oxygen atoms in total. The summed E-state index contributed by atoms with van der Waals surface area (Å²) in [6.45, 7) is 5.63. The highest BCUT2D eigenvalue weighted by molar-refractivity contribution is 5.62. The summed E-state index contributed by atoms with van der Waals surface area (Å²) >= 11 is 0. The van der Waals surface area contributed by atoms with Crippen LogP contribution in [0.25, 0.3) is 5.69 Å². The second-order valence-corrected chi connectivity index (χ2v) is 4.80. The van der Waals surface area contributed by atoms with Crippen molar-refractivity contribution in [1.29, 1.82) is 0 Å². The predicted molar refractivity (Wildman–Crippen MR) is 69.8 cm³/mol. The fourth-order valence-corrected chi connectivity index (χ4v) is 2.49. The van der Waals surface area contributed by atoms with Gasteiger partial charge in [0.1, 0.15) is 0 Å². The first kappa shape index (κ1) is 10.4. The lowest BCUT2D eigenvalue weighted by molar-refractivity contribution is 0.710. The Kier molecular flexibility index (Phi) is 2.39. The lowest BCUT2D eigenvalue weighted by atomic mass is 10.1. The van der Waals surface area contributed by atoms with Crippen molar-refractivity contribution in [3.8, 4) is 5.69 Å². The molecule has 1 aromatic heterocycles. The first-order chi connectivity index (χ1) is 8.25. The molecule has 0 atom stereocenters. The summed E-state index contributed by atoms with van der Waals surface area (Å²) in [6, 6.07) is 9.14. The van der Waals surface area contributed by atoms with Gasteiger partial charge in [-0.3, -0.25) is 0 Å². The summed E-state index contributed by atoms with van der Waals surface area (Å²) < 4.78 is 1.91. The van der Waals surface area contributed by atoms with Gasteiger partial charge in [-0.25, -0.2) is 4.68 Å². The van der Waals surface area contributed by atoms with Crippen LogP contribution >= 0.6 is 0 Å². The number of benzene rings is 1. The van der Waals surface area contributed by atoms with Crippen molar-refractivity contribution in [1.82, 2.24) is 9.78 Å². The Morgan fingerprint density at radius 1 is 1.29 bits per heavy atom. The fraction of sp³-hybridized carbons (Fsp3) is 0.357. The van der Waals surface area contributed by atoms with Crippen LogP contribution in [0.3, 0.4) is 0 Å². The molecule has 0 fully saturated rings. The molecule has 2 heterocycles. The minimum Gasteiger partial charge on any atom is -0.368 e. The van der Waals surface area contributed by atoms with Crippen molar-refractivity contribution in [2.45, 2.75) is 26.3 Å². The van der Waals surface area contributed by atoms with Gasteiger partial charge in [0.15, 0.2) is 0 Å². The minimum atomic E-state index is 0.559. The molecule has 0 amide bonds. The first-order valence-corrected chi connectivity index (χ1v) is 6.15. The molecule has 0 bridgehead atoms. The SMILES string of the molecule is CC(C)N1CCc2ccc(-n3cccn3)cc21. The van der Waals surface area contributed by atoms with Crippen molar-refractivity contribution in [2.24, 2.45) is 0 Å². The van der Waals surface area contributed by atoms with Gasteiger partial charge in [-0.15, -0.1) is 0 Å². The normalized spacial score (nSPS) is 14.4. The molecule has 3 rings (SSSR count). The largest absolute Gasteiger partial charge is 0.368 e. The third-order valence-electron chi connectivity index (χ3n) is 3.39. The van der Waals surface area contributed by atoms with Crippen molar-refractivity contribution in [2.75, 3.05) is 11.4 Å². The molecule has 2 aromatic rings. The van der Waals surface area contributed by atoms with Crippen LogP contribution in [0.15, 0.2) is 36.7 Å². The van der Waals surface area contributed by atoms with E-state index >= 15 is 0 Å². The quantitative estimate of drug-likeness (QED) is 0.786. The standard InChI is InChI=1S/C14H17N3/c1-11(2)16-9-6-12-4-5-13(10-14(12)16)17-8-3-7-15-17/h3-5,7-8,10-11H,6,9H2,1-2H3. The minimum absolute atomic E-state index is 0.559. The van der Waals surface area contributed by atoms with E-state index < -0.39 is 0 Å². The van der Waals surface area contributed by atoms with Gasteiger partial charge in [-0.05, 0) is 44.0 Å². The molecular formula is C14H17N3. The van der Waals surface area contributed by atoms with E-state index in [0.29, 0.717) is 6.04 Å². The van der Waals surface area contributed by atoms with E-state index in [-0.39, 0.29) is 0 Å². The number of fused-ring (bicyclic) bond motifs is 1. The Balaban J connectivity index is 2.04. The Morgan fingerprint density at radius 3 is 2.88 bits per heavy atom. The van der Waals surface area contributed by atoms with Gasteiger partial charge in [-0.1, -0.05) is 6.07 Å². The summed E-state index contributed by atoms with van der Waals surface area (Å²) in [4.78, 5) is 2.46. The Labute approximate surface area is 102 Å². The van der Waals surface area contributed by atoms with Crippen LogP contribution in [0.4, 0.5) is 5.69 Å². The maximum absolute atomic E-state index is 4.28. The summed E-state index contributed by atoms with van der Waals surface area (Å²) in [5.74, 6) is 0. The molecule has 0 N–H and O–H groups in total. The van der Waals surface area contributed by atoms with Crippen LogP contribution in [0.2, 0.25) is 0 Å². The fourth-order valence-electron chi connectivity index (χ4n) is 2.49. The van der Waals surface area contributed by atoms with Crippen LogP contribution in [0, 0.1) is 0 Å². The summed E-state index contributed by atoms with van der Waals surface area (Å²) in [7, 11) is 0. The van der Waals surface area contributed by atoms with Gasteiger partial charge in [0.05, 0.1) is 5.69 Å². The average molecular weight is 227 g/mol. The molecular weight excluding hydrogens is 210 g/mol. The monoisotopic (exact) mass is 227 g/mol. The number of rotatable bonds is 2. The lowest BCUT2D eigenvalue weighted by Gasteiger charge is -2.24. The van der Waals surface area contributed by atoms with E-state index in [2.05, 4.69) is 42.0 Å². The first-order valence-electron chi connectivity index (χ1n) is 6.15. The highest BCUT2D eigenvalue weighted by atomic mass is 15.3. The molecule has 17 heavy (non-hydrogen) atoms. The van der Waals surface area contributed by atoms with Crippen LogP contribution in [0.1, 0.15) is 19.4 Å². The molecule has 88 valence electrons. The van der Waals surface area contributed by atoms with Crippen molar-refractivity contribution in [3.05, 3.63) is 42.2 Å². The zero-order valence-corrected chi connectivity index (χ0v) is 10.3. The van der Waals surface area contributed by atoms with Crippen LogP contribution in [-0.2, 0) is 6.42 Å². The molecule has 0 saturated carbocycles. The average Bonchev–Trinajstić information content (AvgIpc) is 2.97. The van der Waals surface area contributed by atoms with E-state index in [1.807, 2.05) is 23.1 Å². The van der Waals surface area contributed by atoms with Crippen LogP contribution in [-0.4, -0.2) is 22.4 Å². The Hall–Kier alpha value is -1.77. The van der Waals surface area contributed by atoms with E-state index in [9.17, 15) is 0 Å². The highest BCUT2D eigenvalue weighted by Crippen LogP contribution is 2.31. The van der Waals surface area contributed by atoms with E-state index in [4.69, 9.17) is 0 Å². The smallest absolute Gasteiger partial charge is 0.0666 e. The second kappa shape index (κ2) is 3.91. The summed E-state index contributed by atoms with van der Waals surface area (Å²) in [5, 5.41) is 4.28. The Morgan fingerprint density at radius 2 is 2.18 bits per heavy atom. The van der Waals surface area contributed by atoms with Gasteiger partial charge in [-0.2, -0.15) is 5.10 Å². The topological polar surface area (TPSA) is 21.1 Å². The number of hydrogen-bond donors (Lipinski definition) is 0. The third kappa shape index (κ3) is 1.71. The van der Waals surface area contributed by atoms with Crippen molar-refractivity contribution in [3.63, 3.8) is 0 Å². The summed E-state index contributed by atoms with van der Waals surface area (Å²) in [6.07, 6.45) is 4.96. The van der Waals surface area contributed by atoms with Crippen LogP contribution < -0.4 is 4.90 Å². The second-order valence-electron chi connectivity index (χ2n) is 4.80. The number of nitrogens with zero attached hydrogens (tertiary/aromatic N) is 3. The zero-order valence-electron chi connectivity index (χ0n) is 10.3. The molecule has 0 aliphatic carbocycles. The molecule has 1 aliphatic heterocycles. The molecule has 3 heteroatoms.